The number of carbonyl (C=O) groups excluding carboxylic acids is 1. The molecule has 2 rings (SSSR count). The molecule has 100 valence electrons. The highest BCUT2D eigenvalue weighted by Crippen LogP contribution is 2.33. The molecule has 18 heavy (non-hydrogen) atoms. The van der Waals surface area contributed by atoms with Gasteiger partial charge in [-0.2, -0.15) is 17.3 Å². The Morgan fingerprint density at radius 1 is 1.67 bits per heavy atom. The molecule has 1 saturated heterocycles. The van der Waals surface area contributed by atoms with Crippen LogP contribution in [-0.2, 0) is 10.6 Å². The van der Waals surface area contributed by atoms with Crippen molar-refractivity contribution in [2.45, 2.75) is 24.2 Å². The van der Waals surface area contributed by atoms with E-state index in [1.54, 1.807) is 0 Å². The van der Waals surface area contributed by atoms with Crippen LogP contribution >= 0.6 is 12.6 Å². The highest BCUT2D eigenvalue weighted by atomic mass is 32.1. The summed E-state index contributed by atoms with van der Waals surface area (Å²) < 4.78 is 5.82. The second kappa shape index (κ2) is 4.48. The van der Waals surface area contributed by atoms with E-state index in [0.29, 0.717) is 0 Å². The van der Waals surface area contributed by atoms with Gasteiger partial charge in [-0.1, -0.05) is 0 Å². The molecule has 1 aliphatic rings. The van der Waals surface area contributed by atoms with Gasteiger partial charge in [-0.25, -0.2) is 4.98 Å². The lowest BCUT2D eigenvalue weighted by atomic mass is 10.1. The van der Waals surface area contributed by atoms with Gasteiger partial charge in [0.15, 0.2) is 6.10 Å². The minimum absolute atomic E-state index is 0.0813. The summed E-state index contributed by atoms with van der Waals surface area (Å²) in [7, 11) is 0. The Kier molecular flexibility index (Phi) is 3.29. The first kappa shape index (κ1) is 13.2. The molecular weight excluding hydrogens is 264 g/mol. The van der Waals surface area contributed by atoms with Gasteiger partial charge in [0.05, 0.1) is 0 Å². The van der Waals surface area contributed by atoms with Crippen molar-refractivity contribution in [2.75, 3.05) is 5.75 Å². The molecule has 10 heteroatoms. The van der Waals surface area contributed by atoms with Crippen LogP contribution in [0.15, 0.2) is 6.33 Å². The molecule has 2 heterocycles. The van der Waals surface area contributed by atoms with Crippen molar-refractivity contribution < 1.29 is 24.9 Å². The molecular formula is C8H12N4O5S. The third kappa shape index (κ3) is 1.87. The number of carbonyl (C=O) groups is 1. The second-order valence-corrected chi connectivity index (χ2v) is 4.18. The lowest BCUT2D eigenvalue weighted by Gasteiger charge is -2.25. The van der Waals surface area contributed by atoms with Crippen LogP contribution in [0.5, 0.6) is 0 Å². The van der Waals surface area contributed by atoms with Gasteiger partial charge in [0.1, 0.15) is 18.5 Å². The number of nitrogens with two attached hydrogens (primary N) is 1. The molecule has 0 aliphatic carbocycles. The summed E-state index contributed by atoms with van der Waals surface area (Å²) in [4.78, 5) is 14.4. The first-order valence-corrected chi connectivity index (χ1v) is 5.62. The normalized spacial score (nSPS) is 35.9. The van der Waals surface area contributed by atoms with Crippen LogP contribution in [0, 0.1) is 0 Å². The number of aliphatic hydroxyl groups excluding tert-OH is 2. The van der Waals surface area contributed by atoms with Gasteiger partial charge in [-0.15, -0.1) is 5.10 Å². The van der Waals surface area contributed by atoms with Crippen molar-refractivity contribution in [1.82, 2.24) is 14.8 Å². The zero-order chi connectivity index (χ0) is 13.5. The van der Waals surface area contributed by atoms with Crippen LogP contribution in [0.3, 0.4) is 0 Å². The van der Waals surface area contributed by atoms with Gasteiger partial charge < -0.3 is 25.8 Å². The fourth-order valence-corrected chi connectivity index (χ4v) is 1.94. The molecule has 1 aromatic rings. The average Bonchev–Trinajstić information content (AvgIpc) is 2.90. The van der Waals surface area contributed by atoms with Gasteiger partial charge >= 0.3 is 0 Å². The summed E-state index contributed by atoms with van der Waals surface area (Å²) >= 11 is 3.92. The summed E-state index contributed by atoms with van der Waals surface area (Å²) in [5.41, 5.74) is 4.96. The summed E-state index contributed by atoms with van der Waals surface area (Å²) in [6, 6.07) is 0. The molecule has 0 radical (unpaired) electrons. The molecule has 4 atom stereocenters. The number of nitrogens with zero attached hydrogens (tertiary/aromatic N) is 3. The Labute approximate surface area is 107 Å². The van der Waals surface area contributed by atoms with E-state index in [1.807, 2.05) is 0 Å². The van der Waals surface area contributed by atoms with Gasteiger partial charge in [-0.05, 0) is 0 Å². The number of amides is 1. The van der Waals surface area contributed by atoms with E-state index in [2.05, 4.69) is 22.7 Å². The van der Waals surface area contributed by atoms with E-state index < -0.39 is 30.1 Å². The average molecular weight is 276 g/mol. The molecule has 0 spiro atoms. The van der Waals surface area contributed by atoms with Crippen LogP contribution < -0.4 is 5.73 Å². The summed E-state index contributed by atoms with van der Waals surface area (Å²) in [6.45, 7) is 0. The SMILES string of the molecule is NC(=O)c1ncn([C@]2(O)O[C@H](CS)[C@@H](O)[C@H]2O)n1. The third-order valence-corrected chi connectivity index (χ3v) is 2.99. The number of hydrogen-bond acceptors (Lipinski definition) is 8. The topological polar surface area (TPSA) is 144 Å². The van der Waals surface area contributed by atoms with Crippen molar-refractivity contribution in [3.8, 4) is 0 Å². The van der Waals surface area contributed by atoms with Crippen LogP contribution in [0.4, 0.5) is 0 Å². The molecule has 0 unspecified atom stereocenters. The summed E-state index contributed by atoms with van der Waals surface area (Å²) in [5, 5.41) is 33.1. The van der Waals surface area contributed by atoms with Gasteiger partial charge in [-0.3, -0.25) is 4.79 Å². The molecule has 0 aromatic carbocycles. The molecule has 1 aromatic heterocycles. The summed E-state index contributed by atoms with van der Waals surface area (Å²) in [5.74, 6) is -3.47. The number of primary amides is 1. The lowest BCUT2D eigenvalue weighted by Crippen LogP contribution is -2.46. The van der Waals surface area contributed by atoms with E-state index in [-0.39, 0.29) is 11.6 Å². The predicted molar refractivity (Wildman–Crippen MR) is 59.5 cm³/mol. The Morgan fingerprint density at radius 2 is 2.33 bits per heavy atom. The van der Waals surface area contributed by atoms with Gasteiger partial charge in [0.25, 0.3) is 11.8 Å². The zero-order valence-electron chi connectivity index (χ0n) is 9.04. The Bertz CT molecular complexity index is 468. The highest BCUT2D eigenvalue weighted by Gasteiger charge is 2.55. The van der Waals surface area contributed by atoms with Crippen molar-refractivity contribution in [3.63, 3.8) is 0 Å². The molecule has 0 saturated carbocycles. The Morgan fingerprint density at radius 3 is 2.78 bits per heavy atom. The highest BCUT2D eigenvalue weighted by molar-refractivity contribution is 7.80. The van der Waals surface area contributed by atoms with Gasteiger partial charge in [0.2, 0.25) is 5.82 Å². The minimum Gasteiger partial charge on any atom is -0.387 e. The molecule has 9 nitrogen and oxygen atoms in total. The van der Waals surface area contributed by atoms with E-state index >= 15 is 0 Å². The number of hydrogen-bond donors (Lipinski definition) is 5. The fourth-order valence-electron chi connectivity index (χ4n) is 1.65. The Hall–Kier alpha value is -1.20. The second-order valence-electron chi connectivity index (χ2n) is 3.81. The number of aromatic nitrogens is 3. The monoisotopic (exact) mass is 276 g/mol. The van der Waals surface area contributed by atoms with Crippen LogP contribution in [0.25, 0.3) is 0 Å². The first-order chi connectivity index (χ1) is 8.40. The third-order valence-electron chi connectivity index (χ3n) is 2.63. The maximum absolute atomic E-state index is 10.8. The minimum atomic E-state index is -2.31. The smallest absolute Gasteiger partial charge is 0.300 e. The number of aliphatic hydroxyl groups is 3. The van der Waals surface area contributed by atoms with Gasteiger partial charge in [0, 0.05) is 5.75 Å². The lowest BCUT2D eigenvalue weighted by molar-refractivity contribution is -0.291. The summed E-state index contributed by atoms with van der Waals surface area (Å²) in [6.07, 6.45) is -2.91. The molecule has 1 aliphatic heterocycles. The van der Waals surface area contributed by atoms with Crippen molar-refractivity contribution in [2.24, 2.45) is 5.73 Å². The van der Waals surface area contributed by atoms with Crippen LogP contribution in [-0.4, -0.2) is 60.1 Å². The maximum atomic E-state index is 10.8. The quantitative estimate of drug-likeness (QED) is 0.371. The van der Waals surface area contributed by atoms with E-state index in [0.717, 1.165) is 11.0 Å². The van der Waals surface area contributed by atoms with Crippen molar-refractivity contribution >= 4 is 18.5 Å². The molecule has 1 fully saturated rings. The van der Waals surface area contributed by atoms with E-state index in [9.17, 15) is 20.1 Å². The molecule has 0 bridgehead atoms. The van der Waals surface area contributed by atoms with Crippen LogP contribution in [0.2, 0.25) is 0 Å². The number of ether oxygens (including phenoxy) is 1. The van der Waals surface area contributed by atoms with Crippen molar-refractivity contribution in [1.29, 1.82) is 0 Å². The van der Waals surface area contributed by atoms with Crippen LogP contribution in [0.1, 0.15) is 10.6 Å². The maximum Gasteiger partial charge on any atom is 0.300 e. The largest absolute Gasteiger partial charge is 0.387 e. The van der Waals surface area contributed by atoms with E-state index in [1.165, 1.54) is 0 Å². The first-order valence-electron chi connectivity index (χ1n) is 4.99. The van der Waals surface area contributed by atoms with Crippen molar-refractivity contribution in [3.05, 3.63) is 12.2 Å². The molecule has 1 amide bonds. The molecule has 5 N–H and O–H groups in total. The standard InChI is InChI=1S/C8H12N4O5S/c9-6(15)7-10-2-12(11-7)8(16)5(14)4(13)3(1-18)17-8/h2-5,13-14,16,18H,1H2,(H2,9,15)/t3-,4-,5-,8-/m1/s1. The fraction of sp³-hybridized carbons (Fsp3) is 0.625. The number of rotatable bonds is 3. The zero-order valence-corrected chi connectivity index (χ0v) is 9.94. The predicted octanol–water partition coefficient (Wildman–Crippen LogP) is -2.97. The Balaban J connectivity index is 2.33. The van der Waals surface area contributed by atoms with E-state index in [4.69, 9.17) is 10.5 Å². The number of thiol groups is 1.